The van der Waals surface area contributed by atoms with Crippen molar-refractivity contribution in [3.05, 3.63) is 46.7 Å². The van der Waals surface area contributed by atoms with Gasteiger partial charge >= 0.3 is 0 Å². The van der Waals surface area contributed by atoms with E-state index in [0.717, 1.165) is 13.1 Å². The molecule has 0 amide bonds. The maximum Gasteiger partial charge on any atom is 0.0299 e. The van der Waals surface area contributed by atoms with Crippen molar-refractivity contribution in [1.29, 1.82) is 0 Å². The van der Waals surface area contributed by atoms with Gasteiger partial charge < -0.3 is 10.2 Å². The molecule has 1 aliphatic rings. The van der Waals surface area contributed by atoms with Crippen LogP contribution in [0.5, 0.6) is 0 Å². The second-order valence-corrected chi connectivity index (χ2v) is 6.74. The standard InChI is InChI=1S/C18H24N2S/c1-2-7-16(8-3-1)17-13-18(21-15-17)14-19-9-6-12-20-10-4-5-11-20/h1-3,7-8,13,15,19H,4-6,9-12,14H2. The number of hydrogen-bond acceptors (Lipinski definition) is 3. The van der Waals surface area contributed by atoms with Crippen LogP contribution in [-0.2, 0) is 6.54 Å². The summed E-state index contributed by atoms with van der Waals surface area (Å²) in [4.78, 5) is 4.01. The zero-order valence-electron chi connectivity index (χ0n) is 12.6. The van der Waals surface area contributed by atoms with Crippen molar-refractivity contribution in [1.82, 2.24) is 10.2 Å². The smallest absolute Gasteiger partial charge is 0.0299 e. The minimum atomic E-state index is 0.998. The molecular formula is C18H24N2S. The topological polar surface area (TPSA) is 15.3 Å². The van der Waals surface area contributed by atoms with Gasteiger partial charge in [0.15, 0.2) is 0 Å². The van der Waals surface area contributed by atoms with E-state index in [9.17, 15) is 0 Å². The van der Waals surface area contributed by atoms with Gasteiger partial charge in [0, 0.05) is 11.4 Å². The molecule has 112 valence electrons. The molecule has 0 unspecified atom stereocenters. The van der Waals surface area contributed by atoms with Crippen LogP contribution in [0.4, 0.5) is 0 Å². The molecule has 0 radical (unpaired) electrons. The zero-order chi connectivity index (χ0) is 14.3. The Labute approximate surface area is 131 Å². The summed E-state index contributed by atoms with van der Waals surface area (Å²) in [5, 5.41) is 5.83. The summed E-state index contributed by atoms with van der Waals surface area (Å²) < 4.78 is 0. The fourth-order valence-electron chi connectivity index (χ4n) is 2.90. The molecule has 1 aromatic heterocycles. The number of benzene rings is 1. The SMILES string of the molecule is c1ccc(-c2csc(CNCCCN3CCCC3)c2)cc1. The van der Waals surface area contributed by atoms with E-state index >= 15 is 0 Å². The third-order valence-electron chi connectivity index (χ3n) is 4.09. The molecular weight excluding hydrogens is 276 g/mol. The van der Waals surface area contributed by atoms with E-state index in [-0.39, 0.29) is 0 Å². The Kier molecular flexibility index (Phi) is 5.44. The monoisotopic (exact) mass is 300 g/mol. The molecule has 0 atom stereocenters. The van der Waals surface area contributed by atoms with Gasteiger partial charge in [-0.3, -0.25) is 0 Å². The van der Waals surface area contributed by atoms with Gasteiger partial charge in [-0.1, -0.05) is 30.3 Å². The molecule has 2 heterocycles. The van der Waals surface area contributed by atoms with Gasteiger partial charge in [0.2, 0.25) is 0 Å². The lowest BCUT2D eigenvalue weighted by Crippen LogP contribution is -2.24. The van der Waals surface area contributed by atoms with Crippen LogP contribution in [0.15, 0.2) is 41.8 Å². The number of hydrogen-bond donors (Lipinski definition) is 1. The summed E-state index contributed by atoms with van der Waals surface area (Å²) in [6, 6.07) is 12.9. The first kappa shape index (κ1) is 14.8. The number of nitrogens with one attached hydrogen (secondary N) is 1. The lowest BCUT2D eigenvalue weighted by molar-refractivity contribution is 0.331. The molecule has 2 nitrogen and oxygen atoms in total. The average molecular weight is 300 g/mol. The largest absolute Gasteiger partial charge is 0.312 e. The molecule has 0 aliphatic carbocycles. The molecule has 1 N–H and O–H groups in total. The second-order valence-electron chi connectivity index (χ2n) is 5.75. The summed E-state index contributed by atoms with van der Waals surface area (Å²) >= 11 is 1.85. The van der Waals surface area contributed by atoms with E-state index in [1.165, 1.54) is 54.9 Å². The first-order chi connectivity index (χ1) is 10.4. The molecule has 1 aliphatic heterocycles. The van der Waals surface area contributed by atoms with E-state index in [2.05, 4.69) is 52.0 Å². The van der Waals surface area contributed by atoms with Gasteiger partial charge in [-0.05, 0) is 68.0 Å². The lowest BCUT2D eigenvalue weighted by Gasteiger charge is -2.14. The Balaban J connectivity index is 1.39. The summed E-state index contributed by atoms with van der Waals surface area (Å²) in [6.07, 6.45) is 4.05. The van der Waals surface area contributed by atoms with Crippen molar-refractivity contribution >= 4 is 11.3 Å². The number of likely N-dealkylation sites (tertiary alicyclic amines) is 1. The third-order valence-corrected chi connectivity index (χ3v) is 5.02. The molecule has 2 aromatic rings. The summed E-state index contributed by atoms with van der Waals surface area (Å²) in [5.41, 5.74) is 2.66. The van der Waals surface area contributed by atoms with Crippen LogP contribution in [0.1, 0.15) is 24.1 Å². The molecule has 1 saturated heterocycles. The van der Waals surface area contributed by atoms with E-state index < -0.39 is 0 Å². The van der Waals surface area contributed by atoms with E-state index in [1.807, 2.05) is 11.3 Å². The predicted molar refractivity (Wildman–Crippen MR) is 91.8 cm³/mol. The number of rotatable bonds is 7. The van der Waals surface area contributed by atoms with Crippen LogP contribution in [0.3, 0.4) is 0 Å². The fraction of sp³-hybridized carbons (Fsp3) is 0.444. The van der Waals surface area contributed by atoms with Crippen molar-refractivity contribution in [2.75, 3.05) is 26.2 Å². The maximum atomic E-state index is 3.57. The van der Waals surface area contributed by atoms with Gasteiger partial charge in [0.1, 0.15) is 0 Å². The van der Waals surface area contributed by atoms with Crippen LogP contribution >= 0.6 is 11.3 Å². The van der Waals surface area contributed by atoms with Crippen molar-refractivity contribution in [3.63, 3.8) is 0 Å². The molecule has 1 aromatic carbocycles. The molecule has 0 saturated carbocycles. The third kappa shape index (κ3) is 4.40. The van der Waals surface area contributed by atoms with Crippen LogP contribution in [0, 0.1) is 0 Å². The van der Waals surface area contributed by atoms with Crippen molar-refractivity contribution < 1.29 is 0 Å². The van der Waals surface area contributed by atoms with Crippen LogP contribution in [0.2, 0.25) is 0 Å². The Bertz CT molecular complexity index is 529. The van der Waals surface area contributed by atoms with Gasteiger partial charge in [0.05, 0.1) is 0 Å². The molecule has 0 bridgehead atoms. The summed E-state index contributed by atoms with van der Waals surface area (Å²) in [7, 11) is 0. The number of nitrogens with zero attached hydrogens (tertiary/aromatic N) is 1. The maximum absolute atomic E-state index is 3.57. The van der Waals surface area contributed by atoms with E-state index in [4.69, 9.17) is 0 Å². The number of thiophene rings is 1. The highest BCUT2D eigenvalue weighted by atomic mass is 32.1. The quantitative estimate of drug-likeness (QED) is 0.778. The van der Waals surface area contributed by atoms with E-state index in [1.54, 1.807) is 0 Å². The first-order valence-corrected chi connectivity index (χ1v) is 8.86. The highest BCUT2D eigenvalue weighted by Gasteiger charge is 2.10. The lowest BCUT2D eigenvalue weighted by atomic mass is 10.1. The summed E-state index contributed by atoms with van der Waals surface area (Å²) in [5.74, 6) is 0. The minimum Gasteiger partial charge on any atom is -0.312 e. The van der Waals surface area contributed by atoms with Crippen LogP contribution in [-0.4, -0.2) is 31.1 Å². The molecule has 3 rings (SSSR count). The first-order valence-electron chi connectivity index (χ1n) is 7.98. The molecule has 3 heteroatoms. The highest BCUT2D eigenvalue weighted by molar-refractivity contribution is 7.10. The van der Waals surface area contributed by atoms with Gasteiger partial charge in [-0.15, -0.1) is 11.3 Å². The fourth-order valence-corrected chi connectivity index (χ4v) is 3.76. The Morgan fingerprint density at radius 3 is 2.67 bits per heavy atom. The Morgan fingerprint density at radius 1 is 1.05 bits per heavy atom. The zero-order valence-corrected chi connectivity index (χ0v) is 13.4. The van der Waals surface area contributed by atoms with Crippen molar-refractivity contribution in [2.24, 2.45) is 0 Å². The normalized spacial score (nSPS) is 15.6. The van der Waals surface area contributed by atoms with Gasteiger partial charge in [-0.2, -0.15) is 0 Å². The minimum absolute atomic E-state index is 0.998. The second kappa shape index (κ2) is 7.74. The molecule has 0 spiro atoms. The Morgan fingerprint density at radius 2 is 1.86 bits per heavy atom. The predicted octanol–water partition coefficient (Wildman–Crippen LogP) is 3.99. The summed E-state index contributed by atoms with van der Waals surface area (Å²) in [6.45, 7) is 6.00. The van der Waals surface area contributed by atoms with Crippen LogP contribution in [0.25, 0.3) is 11.1 Å². The molecule has 21 heavy (non-hydrogen) atoms. The van der Waals surface area contributed by atoms with Crippen LogP contribution < -0.4 is 5.32 Å². The van der Waals surface area contributed by atoms with E-state index in [0.29, 0.717) is 0 Å². The molecule has 1 fully saturated rings. The Hall–Kier alpha value is -1.16. The van der Waals surface area contributed by atoms with Gasteiger partial charge in [0.25, 0.3) is 0 Å². The van der Waals surface area contributed by atoms with Crippen molar-refractivity contribution in [3.8, 4) is 11.1 Å². The van der Waals surface area contributed by atoms with Gasteiger partial charge in [-0.25, -0.2) is 0 Å². The average Bonchev–Trinajstić information content (AvgIpc) is 3.19. The van der Waals surface area contributed by atoms with Crippen molar-refractivity contribution in [2.45, 2.75) is 25.8 Å². The highest BCUT2D eigenvalue weighted by Crippen LogP contribution is 2.25.